The first-order chi connectivity index (χ1) is 8.69. The Morgan fingerprint density at radius 2 is 2.39 bits per heavy atom. The number of nitrogens with zero attached hydrogens (tertiary/aromatic N) is 4. The second-order valence-corrected chi connectivity index (χ2v) is 5.79. The third-order valence-corrected chi connectivity index (χ3v) is 4.02. The van der Waals surface area contributed by atoms with Gasteiger partial charge in [-0.25, -0.2) is 14.8 Å². The molecule has 2 aromatic rings. The number of aromatic carboxylic acids is 1. The van der Waals surface area contributed by atoms with Crippen molar-refractivity contribution in [3.05, 3.63) is 23.2 Å². The zero-order valence-electron chi connectivity index (χ0n) is 9.74. The fraction of sp³-hybridized carbons (Fsp3) is 0.400. The molecule has 0 saturated carbocycles. The summed E-state index contributed by atoms with van der Waals surface area (Å²) in [6, 6.07) is 0. The van der Waals surface area contributed by atoms with Crippen LogP contribution in [-0.4, -0.2) is 30.2 Å². The van der Waals surface area contributed by atoms with Crippen molar-refractivity contribution in [3.63, 3.8) is 0 Å². The third kappa shape index (κ3) is 3.30. The molecule has 2 rings (SSSR count). The molecule has 0 spiro atoms. The van der Waals surface area contributed by atoms with Gasteiger partial charge in [-0.05, 0) is 6.42 Å². The van der Waals surface area contributed by atoms with Crippen LogP contribution in [0.2, 0.25) is 0 Å². The van der Waals surface area contributed by atoms with E-state index in [4.69, 9.17) is 5.11 Å². The van der Waals surface area contributed by atoms with Crippen molar-refractivity contribution in [1.82, 2.24) is 19.2 Å². The van der Waals surface area contributed by atoms with E-state index in [1.165, 1.54) is 18.1 Å². The van der Waals surface area contributed by atoms with Gasteiger partial charge in [-0.1, -0.05) is 24.7 Å². The largest absolute Gasteiger partial charge is 0.477 e. The van der Waals surface area contributed by atoms with Crippen LogP contribution in [0.15, 0.2) is 16.9 Å². The second-order valence-electron chi connectivity index (χ2n) is 3.55. The van der Waals surface area contributed by atoms with Crippen LogP contribution in [0.25, 0.3) is 0 Å². The van der Waals surface area contributed by atoms with E-state index in [1.807, 2.05) is 0 Å². The Bertz CT molecular complexity index is 537. The highest BCUT2D eigenvalue weighted by molar-refractivity contribution is 7.99. The van der Waals surface area contributed by atoms with E-state index < -0.39 is 5.97 Å². The fourth-order valence-electron chi connectivity index (χ4n) is 1.25. The highest BCUT2D eigenvalue weighted by Crippen LogP contribution is 2.24. The van der Waals surface area contributed by atoms with Gasteiger partial charge in [0, 0.05) is 18.4 Å². The minimum atomic E-state index is -0.957. The highest BCUT2D eigenvalue weighted by Gasteiger charge is 2.10. The van der Waals surface area contributed by atoms with Crippen LogP contribution in [0.4, 0.5) is 0 Å². The predicted molar refractivity (Wildman–Crippen MR) is 69.0 cm³/mol. The molecule has 0 saturated heterocycles. The minimum absolute atomic E-state index is 0.226. The molecule has 0 aliphatic rings. The molecular weight excluding hydrogens is 272 g/mol. The molecule has 8 heteroatoms. The number of carboxylic acids is 1. The molecule has 0 unspecified atom stereocenters. The smallest absolute Gasteiger partial charge is 0.347 e. The average Bonchev–Trinajstić information content (AvgIpc) is 2.96. The minimum Gasteiger partial charge on any atom is -0.477 e. The van der Waals surface area contributed by atoms with E-state index in [9.17, 15) is 4.79 Å². The van der Waals surface area contributed by atoms with Crippen molar-refractivity contribution in [2.24, 2.45) is 0 Å². The van der Waals surface area contributed by atoms with Gasteiger partial charge in [-0.2, -0.15) is 4.09 Å². The van der Waals surface area contributed by atoms with E-state index >= 15 is 0 Å². The number of carboxylic acid groups (broad SMARTS) is 1. The molecule has 0 radical (unpaired) electrons. The summed E-state index contributed by atoms with van der Waals surface area (Å²) >= 11 is 2.39. The quantitative estimate of drug-likeness (QED) is 0.876. The number of aromatic nitrogens is 4. The predicted octanol–water partition coefficient (Wildman–Crippen LogP) is 2.33. The Kier molecular flexibility index (Phi) is 4.32. The maximum Gasteiger partial charge on any atom is 0.347 e. The lowest BCUT2D eigenvalue weighted by Crippen LogP contribution is -1.91. The van der Waals surface area contributed by atoms with Crippen LogP contribution in [0, 0.1) is 0 Å². The van der Waals surface area contributed by atoms with Crippen molar-refractivity contribution < 1.29 is 9.90 Å². The Hall–Kier alpha value is -1.41. The zero-order valence-corrected chi connectivity index (χ0v) is 11.4. The van der Waals surface area contributed by atoms with Gasteiger partial charge in [-0.15, -0.1) is 5.10 Å². The highest BCUT2D eigenvalue weighted by atomic mass is 32.2. The van der Waals surface area contributed by atoms with E-state index in [2.05, 4.69) is 22.0 Å². The summed E-state index contributed by atoms with van der Waals surface area (Å²) in [5.41, 5.74) is 0. The Labute approximate surface area is 112 Å². The molecule has 1 N–H and O–H groups in total. The Morgan fingerprint density at radius 1 is 1.56 bits per heavy atom. The van der Waals surface area contributed by atoms with Crippen LogP contribution in [0.5, 0.6) is 0 Å². The summed E-state index contributed by atoms with van der Waals surface area (Å²) in [5, 5.41) is 13.1. The summed E-state index contributed by atoms with van der Waals surface area (Å²) in [7, 11) is 0. The van der Waals surface area contributed by atoms with Gasteiger partial charge in [0.05, 0.1) is 6.20 Å². The molecule has 2 aromatic heterocycles. The van der Waals surface area contributed by atoms with Gasteiger partial charge in [0.25, 0.3) is 0 Å². The molecule has 0 aliphatic carbocycles. The summed E-state index contributed by atoms with van der Waals surface area (Å²) < 4.78 is 2.24. The van der Waals surface area contributed by atoms with Crippen molar-refractivity contribution >= 4 is 29.3 Å². The number of aryl methyl sites for hydroxylation is 1. The van der Waals surface area contributed by atoms with Gasteiger partial charge in [0.1, 0.15) is 11.2 Å². The second kappa shape index (κ2) is 5.96. The van der Waals surface area contributed by atoms with Crippen molar-refractivity contribution in [3.8, 4) is 0 Å². The van der Waals surface area contributed by atoms with Gasteiger partial charge >= 0.3 is 5.97 Å². The number of hydrogen-bond donors (Lipinski definition) is 1. The summed E-state index contributed by atoms with van der Waals surface area (Å²) in [6.45, 7) is 2.12. The van der Waals surface area contributed by atoms with Gasteiger partial charge < -0.3 is 5.11 Å². The summed E-state index contributed by atoms with van der Waals surface area (Å²) in [4.78, 5) is 19.1. The van der Waals surface area contributed by atoms with E-state index in [-0.39, 0.29) is 4.88 Å². The maximum absolute atomic E-state index is 10.7. The van der Waals surface area contributed by atoms with Crippen molar-refractivity contribution in [2.45, 2.75) is 30.5 Å². The lowest BCUT2D eigenvalue weighted by Gasteiger charge is -1.93. The molecular formula is C10H12N4O2S2. The SMILES string of the molecule is CCCCc1ncn(Sc2ncc(C(=O)O)s2)n1. The molecule has 0 amide bonds. The normalized spacial score (nSPS) is 10.7. The molecule has 6 nitrogen and oxygen atoms in total. The number of unbranched alkanes of at least 4 members (excludes halogenated alkanes) is 1. The lowest BCUT2D eigenvalue weighted by atomic mass is 10.2. The van der Waals surface area contributed by atoms with Crippen LogP contribution in [-0.2, 0) is 6.42 Å². The number of carbonyl (C=O) groups is 1. The number of hydrogen-bond acceptors (Lipinski definition) is 6. The first-order valence-electron chi connectivity index (χ1n) is 5.47. The Balaban J connectivity index is 1.99. The summed E-state index contributed by atoms with van der Waals surface area (Å²) in [5.74, 6) is -0.152. The van der Waals surface area contributed by atoms with E-state index in [0.717, 1.165) is 36.4 Å². The third-order valence-electron chi connectivity index (χ3n) is 2.14. The molecule has 0 bridgehead atoms. The molecule has 0 aliphatic heterocycles. The van der Waals surface area contributed by atoms with Gasteiger partial charge in [-0.3, -0.25) is 0 Å². The van der Waals surface area contributed by atoms with E-state index in [0.29, 0.717) is 4.34 Å². The monoisotopic (exact) mass is 284 g/mol. The van der Waals surface area contributed by atoms with Crippen LogP contribution >= 0.6 is 23.3 Å². The first-order valence-corrected chi connectivity index (χ1v) is 7.06. The summed E-state index contributed by atoms with van der Waals surface area (Å²) in [6.07, 6.45) is 6.01. The molecule has 0 aromatic carbocycles. The number of rotatable bonds is 6. The number of thiazole rings is 1. The first kappa shape index (κ1) is 13.0. The van der Waals surface area contributed by atoms with Crippen LogP contribution in [0.1, 0.15) is 35.3 Å². The molecule has 96 valence electrons. The topological polar surface area (TPSA) is 80.9 Å². The Morgan fingerprint density at radius 3 is 3.06 bits per heavy atom. The maximum atomic E-state index is 10.7. The standard InChI is InChI=1S/C10H12N4O2S2/c1-2-3-4-8-12-6-14(13-8)18-10-11-5-7(17-10)9(15)16/h5-6H,2-4H2,1H3,(H,15,16). The van der Waals surface area contributed by atoms with Gasteiger partial charge in [0.2, 0.25) is 0 Å². The van der Waals surface area contributed by atoms with Crippen LogP contribution in [0.3, 0.4) is 0 Å². The molecule has 0 atom stereocenters. The zero-order chi connectivity index (χ0) is 13.0. The van der Waals surface area contributed by atoms with Crippen molar-refractivity contribution in [1.29, 1.82) is 0 Å². The fourth-order valence-corrected chi connectivity index (χ4v) is 2.88. The lowest BCUT2D eigenvalue weighted by molar-refractivity contribution is 0.0702. The van der Waals surface area contributed by atoms with E-state index in [1.54, 1.807) is 10.4 Å². The average molecular weight is 284 g/mol. The van der Waals surface area contributed by atoms with Gasteiger partial charge in [0.15, 0.2) is 10.2 Å². The molecule has 18 heavy (non-hydrogen) atoms. The van der Waals surface area contributed by atoms with Crippen LogP contribution < -0.4 is 0 Å². The molecule has 2 heterocycles. The molecule has 0 fully saturated rings. The van der Waals surface area contributed by atoms with Crippen molar-refractivity contribution in [2.75, 3.05) is 0 Å².